The molecule has 0 bridgehead atoms. The minimum atomic E-state index is -3.52. The Morgan fingerprint density at radius 1 is 0.970 bits per heavy atom. The number of nitrogens with zero attached hydrogens (tertiary/aromatic N) is 2. The number of benzene rings is 2. The van der Waals surface area contributed by atoms with Crippen LogP contribution < -0.4 is 8.32 Å². The maximum absolute atomic E-state index is 13.3. The van der Waals surface area contributed by atoms with Crippen molar-refractivity contribution < 1.29 is 17.9 Å². The van der Waals surface area contributed by atoms with Crippen molar-refractivity contribution in [2.75, 3.05) is 26.4 Å². The second-order valence-corrected chi connectivity index (χ2v) is 25.9. The van der Waals surface area contributed by atoms with Crippen LogP contribution in [0.2, 0.25) is 14.8 Å². The van der Waals surface area contributed by atoms with E-state index >= 15 is 0 Å². The second kappa shape index (κ2) is 12.2. The topological polar surface area (TPSA) is 66.9 Å². The first-order valence-electron chi connectivity index (χ1n) is 11.5. The van der Waals surface area contributed by atoms with Gasteiger partial charge in [0.05, 0.1) is 0 Å². The van der Waals surface area contributed by atoms with Crippen LogP contribution >= 0.6 is 0 Å². The molecule has 0 atom stereocenters. The molecule has 0 saturated carbocycles. The van der Waals surface area contributed by atoms with Gasteiger partial charge in [0, 0.05) is 0 Å². The molecule has 1 amide bonds. The van der Waals surface area contributed by atoms with Gasteiger partial charge >= 0.3 is 197 Å². The summed E-state index contributed by atoms with van der Waals surface area (Å²) in [5.41, 5.74) is 0. The van der Waals surface area contributed by atoms with Crippen molar-refractivity contribution in [3.63, 3.8) is 0 Å². The van der Waals surface area contributed by atoms with Crippen molar-refractivity contribution in [3.8, 4) is 11.5 Å². The Hall–Kier alpha value is -1.58. The number of para-hydroxylation sites is 1. The third-order valence-corrected chi connectivity index (χ3v) is 13.7. The molecule has 0 unspecified atom stereocenters. The van der Waals surface area contributed by atoms with E-state index in [1.54, 1.807) is 31.2 Å². The van der Waals surface area contributed by atoms with Gasteiger partial charge in [-0.25, -0.2) is 0 Å². The van der Waals surface area contributed by atoms with Gasteiger partial charge in [-0.15, -0.1) is 0 Å². The zero-order valence-corrected chi connectivity index (χ0v) is 24.5. The Morgan fingerprint density at radius 2 is 1.64 bits per heavy atom. The van der Waals surface area contributed by atoms with Gasteiger partial charge in [-0.3, -0.25) is 0 Å². The van der Waals surface area contributed by atoms with Gasteiger partial charge in [0.1, 0.15) is 0 Å². The first-order valence-corrected chi connectivity index (χ1v) is 23.2. The van der Waals surface area contributed by atoms with Crippen LogP contribution in [-0.2, 0) is 14.6 Å². The van der Waals surface area contributed by atoms with Gasteiger partial charge in [-0.2, -0.15) is 0 Å². The normalized spacial score (nSPS) is 12.1. The fourth-order valence-corrected chi connectivity index (χ4v) is 12.2. The Kier molecular flexibility index (Phi) is 10.2. The number of hydrogen-bond acceptors (Lipinski definition) is 5. The number of unbranched alkanes of at least 4 members (excludes halogenated alkanes) is 2. The summed E-state index contributed by atoms with van der Waals surface area (Å²) in [4.78, 5) is 19.4. The molecule has 0 spiro atoms. The fourth-order valence-electron chi connectivity index (χ4n) is 3.45. The number of sulfone groups is 1. The first kappa shape index (κ1) is 27.7. The molecular weight excluding hydrogens is 543 g/mol. The van der Waals surface area contributed by atoms with Crippen LogP contribution in [0.5, 0.6) is 11.5 Å². The van der Waals surface area contributed by atoms with E-state index in [2.05, 4.69) is 21.7 Å². The van der Waals surface area contributed by atoms with Crippen LogP contribution in [0.4, 0.5) is 0 Å². The van der Waals surface area contributed by atoms with E-state index in [-0.39, 0.29) is 18.2 Å². The monoisotopic (exact) mass is 582 g/mol. The molecule has 0 aromatic heterocycles. The molecule has 0 N–H and O–H groups in total. The predicted molar refractivity (Wildman–Crippen MR) is 138 cm³/mol. The first-order chi connectivity index (χ1) is 15.5. The zero-order chi connectivity index (χ0) is 24.6. The van der Waals surface area contributed by atoms with Crippen LogP contribution in [0.3, 0.4) is 0 Å². The number of ether oxygens (including phenoxy) is 1. The average Bonchev–Trinajstić information content (AvgIpc) is 2.77. The number of carbonyl (C=O) groups is 1. The van der Waals surface area contributed by atoms with Gasteiger partial charge in [-0.1, -0.05) is 6.92 Å². The summed E-state index contributed by atoms with van der Waals surface area (Å²) in [6, 6.07) is 14.8. The number of hydrogen-bond donors (Lipinski definition) is 0. The number of carbonyl (C=O) groups excluding carboxylic acids is 1. The summed E-state index contributed by atoms with van der Waals surface area (Å²) >= 11 is -2.81. The molecule has 2 rings (SSSR count). The summed E-state index contributed by atoms with van der Waals surface area (Å²) in [5, 5.41) is 3.23. The number of amides is 1. The standard InChI is InChI=1S/C22H29N2O4S.3CH3.Sn/c1-4-5-7-12-22(25)24(3)23(2)17-18-29(26,27)21-15-13-20(14-16-21)28-19-10-8-6-9-11-19;;;;/h6,8-11,13-15H,4-5,7,12,17-18H2,1-3H3;3*1H3;. The fraction of sp³-hybridized carbons (Fsp3) is 0.480. The van der Waals surface area contributed by atoms with Gasteiger partial charge in [0.15, 0.2) is 0 Å². The Bertz CT molecular complexity index is 1020. The van der Waals surface area contributed by atoms with E-state index in [1.165, 1.54) is 5.01 Å². The molecule has 0 aliphatic rings. The van der Waals surface area contributed by atoms with Crippen LogP contribution in [0.15, 0.2) is 53.4 Å². The van der Waals surface area contributed by atoms with Crippen molar-refractivity contribution in [3.05, 3.63) is 48.5 Å². The van der Waals surface area contributed by atoms with Crippen molar-refractivity contribution >= 4 is 37.7 Å². The summed E-state index contributed by atoms with van der Waals surface area (Å²) in [5.74, 6) is 1.33. The summed E-state index contributed by atoms with van der Waals surface area (Å²) in [7, 11) is -0.0617. The van der Waals surface area contributed by atoms with E-state index in [1.807, 2.05) is 36.4 Å². The van der Waals surface area contributed by atoms with Gasteiger partial charge in [0.25, 0.3) is 0 Å². The van der Waals surface area contributed by atoms with Gasteiger partial charge in [-0.05, 0) is 0 Å². The van der Waals surface area contributed by atoms with E-state index < -0.39 is 28.2 Å². The molecule has 0 aliphatic heterocycles. The number of hydrazine groups is 1. The third kappa shape index (κ3) is 8.30. The molecular formula is C25H38N2O4SSn. The SMILES string of the molecule is CCCCCC(=O)N(C)N(C)CCS(=O)(=O)c1ccc(Oc2ccccc2)c[c]1[Sn]([CH3])([CH3])[CH3]. The molecule has 0 aliphatic carbocycles. The van der Waals surface area contributed by atoms with E-state index in [4.69, 9.17) is 4.74 Å². The van der Waals surface area contributed by atoms with Gasteiger partial charge < -0.3 is 0 Å². The van der Waals surface area contributed by atoms with E-state index in [0.29, 0.717) is 17.1 Å². The summed E-state index contributed by atoms with van der Waals surface area (Å²) < 4.78 is 33.6. The molecule has 6 nitrogen and oxygen atoms in total. The summed E-state index contributed by atoms with van der Waals surface area (Å²) in [6.45, 7) is 2.35. The summed E-state index contributed by atoms with van der Waals surface area (Å²) in [6.07, 6.45) is 3.41. The molecule has 8 heteroatoms. The van der Waals surface area contributed by atoms with Crippen LogP contribution in [0, 0.1) is 0 Å². The number of rotatable bonds is 12. The zero-order valence-electron chi connectivity index (χ0n) is 20.8. The Labute approximate surface area is 203 Å². The Morgan fingerprint density at radius 3 is 2.24 bits per heavy atom. The van der Waals surface area contributed by atoms with Crippen molar-refractivity contribution in [1.82, 2.24) is 10.0 Å². The van der Waals surface area contributed by atoms with E-state index in [0.717, 1.165) is 28.6 Å². The Balaban J connectivity index is 2.17. The molecule has 2 aromatic rings. The molecule has 0 fully saturated rings. The quantitative estimate of drug-likeness (QED) is 0.207. The molecule has 0 heterocycles. The minimum absolute atomic E-state index is 0.0114. The molecule has 0 saturated heterocycles. The van der Waals surface area contributed by atoms with Crippen LogP contribution in [0.1, 0.15) is 32.6 Å². The second-order valence-electron chi connectivity index (χ2n) is 9.40. The molecule has 33 heavy (non-hydrogen) atoms. The van der Waals surface area contributed by atoms with Crippen molar-refractivity contribution in [2.45, 2.75) is 52.3 Å². The predicted octanol–water partition coefficient (Wildman–Crippen LogP) is 4.68. The van der Waals surface area contributed by atoms with Crippen LogP contribution in [0.25, 0.3) is 0 Å². The molecule has 182 valence electrons. The molecule has 0 radical (unpaired) electrons. The van der Waals surface area contributed by atoms with Crippen LogP contribution in [-0.4, -0.2) is 69.1 Å². The van der Waals surface area contributed by atoms with Crippen molar-refractivity contribution in [2.24, 2.45) is 0 Å². The van der Waals surface area contributed by atoms with Gasteiger partial charge in [0.2, 0.25) is 0 Å². The maximum atomic E-state index is 13.3. The van der Waals surface area contributed by atoms with Crippen molar-refractivity contribution in [1.29, 1.82) is 0 Å². The van der Waals surface area contributed by atoms with E-state index in [9.17, 15) is 13.2 Å². The average molecular weight is 581 g/mol. The molecule has 2 aromatic carbocycles. The third-order valence-electron chi connectivity index (χ3n) is 5.62.